The minimum absolute atomic E-state index is 0.203. The molecular weight excluding hydrogens is 253 g/mol. The lowest BCUT2D eigenvalue weighted by Crippen LogP contribution is -2.11. The van der Waals surface area contributed by atoms with E-state index in [2.05, 4.69) is 0 Å². The van der Waals surface area contributed by atoms with Gasteiger partial charge in [-0.05, 0) is 41.3 Å². The normalized spacial score (nSPS) is 10.4. The van der Waals surface area contributed by atoms with Crippen molar-refractivity contribution in [2.75, 3.05) is 19.0 Å². The zero-order valence-electron chi connectivity index (χ0n) is 12.0. The molecule has 2 nitrogen and oxygen atoms in total. The molecule has 0 aliphatic carbocycles. The van der Waals surface area contributed by atoms with Crippen molar-refractivity contribution < 1.29 is 9.18 Å². The predicted octanol–water partition coefficient (Wildman–Crippen LogP) is 3.61. The summed E-state index contributed by atoms with van der Waals surface area (Å²) in [7, 11) is 3.87. The van der Waals surface area contributed by atoms with Crippen molar-refractivity contribution in [3.63, 3.8) is 0 Å². The van der Waals surface area contributed by atoms with E-state index in [-0.39, 0.29) is 5.82 Å². The van der Waals surface area contributed by atoms with Crippen molar-refractivity contribution in [1.82, 2.24) is 0 Å². The topological polar surface area (TPSA) is 20.3 Å². The third-order valence-electron chi connectivity index (χ3n) is 3.38. The molecule has 2 rings (SSSR count). The van der Waals surface area contributed by atoms with Crippen LogP contribution >= 0.6 is 0 Å². The number of aryl methyl sites for hydroxylation is 1. The lowest BCUT2D eigenvalue weighted by Gasteiger charge is -2.18. The Bertz CT molecular complexity index is 635. The lowest BCUT2D eigenvalue weighted by molar-refractivity contribution is -0.107. The summed E-state index contributed by atoms with van der Waals surface area (Å²) in [6.45, 7) is 1.75. The van der Waals surface area contributed by atoms with Gasteiger partial charge in [-0.25, -0.2) is 4.39 Å². The summed E-state index contributed by atoms with van der Waals surface area (Å²) >= 11 is 0. The molecule has 2 aromatic rings. The van der Waals surface area contributed by atoms with Crippen molar-refractivity contribution in [2.45, 2.75) is 13.3 Å². The van der Waals surface area contributed by atoms with E-state index in [1.807, 2.05) is 43.3 Å². The number of hydrogen-bond donors (Lipinski definition) is 0. The van der Waals surface area contributed by atoms with Crippen LogP contribution in [0.4, 0.5) is 10.1 Å². The first-order valence-electron chi connectivity index (χ1n) is 6.53. The highest BCUT2D eigenvalue weighted by atomic mass is 19.1. The van der Waals surface area contributed by atoms with Crippen LogP contribution in [0.2, 0.25) is 0 Å². The molecule has 0 saturated carbocycles. The van der Waals surface area contributed by atoms with Crippen LogP contribution in [0.1, 0.15) is 11.1 Å². The second-order valence-electron chi connectivity index (χ2n) is 5.07. The van der Waals surface area contributed by atoms with Gasteiger partial charge in [0.15, 0.2) is 0 Å². The Hall–Kier alpha value is -2.16. The Morgan fingerprint density at radius 1 is 1.10 bits per heavy atom. The standard InChI is InChI=1S/C17H18FNO/c1-12-4-5-14(10-16(12)18)15-7-6-13(8-9-20)17(11-15)19(2)3/h4-7,9-11H,8H2,1-3H3. The number of nitrogens with zero attached hydrogens (tertiary/aromatic N) is 1. The van der Waals surface area contributed by atoms with Gasteiger partial charge in [0.1, 0.15) is 12.1 Å². The van der Waals surface area contributed by atoms with Gasteiger partial charge in [-0.15, -0.1) is 0 Å². The molecule has 20 heavy (non-hydrogen) atoms. The zero-order chi connectivity index (χ0) is 14.7. The Morgan fingerprint density at radius 3 is 2.35 bits per heavy atom. The summed E-state index contributed by atoms with van der Waals surface area (Å²) in [5.41, 5.74) is 4.38. The van der Waals surface area contributed by atoms with Gasteiger partial charge in [-0.1, -0.05) is 24.3 Å². The van der Waals surface area contributed by atoms with Crippen LogP contribution in [0.3, 0.4) is 0 Å². The molecule has 3 heteroatoms. The SMILES string of the molecule is Cc1ccc(-c2ccc(CC=O)c(N(C)C)c2)cc1F. The lowest BCUT2D eigenvalue weighted by atomic mass is 9.99. The van der Waals surface area contributed by atoms with Crippen LogP contribution in [0.25, 0.3) is 11.1 Å². The summed E-state index contributed by atoms with van der Waals surface area (Å²) in [5, 5.41) is 0. The van der Waals surface area contributed by atoms with Crippen LogP contribution in [0, 0.1) is 12.7 Å². The van der Waals surface area contributed by atoms with Gasteiger partial charge in [0.05, 0.1) is 0 Å². The van der Waals surface area contributed by atoms with Gasteiger partial charge in [0.25, 0.3) is 0 Å². The third-order valence-corrected chi connectivity index (χ3v) is 3.38. The monoisotopic (exact) mass is 271 g/mol. The van der Waals surface area contributed by atoms with E-state index in [4.69, 9.17) is 0 Å². The number of aldehydes is 1. The molecule has 0 radical (unpaired) electrons. The number of carbonyl (C=O) groups is 1. The van der Waals surface area contributed by atoms with Crippen molar-refractivity contribution >= 4 is 12.0 Å². The minimum Gasteiger partial charge on any atom is -0.377 e. The van der Waals surface area contributed by atoms with Crippen molar-refractivity contribution in [3.8, 4) is 11.1 Å². The van der Waals surface area contributed by atoms with E-state index in [1.54, 1.807) is 19.1 Å². The maximum atomic E-state index is 13.7. The summed E-state index contributed by atoms with van der Waals surface area (Å²) in [6.07, 6.45) is 1.28. The summed E-state index contributed by atoms with van der Waals surface area (Å²) in [6, 6.07) is 11.1. The summed E-state index contributed by atoms with van der Waals surface area (Å²) < 4.78 is 13.7. The number of anilines is 1. The number of halogens is 1. The molecule has 0 spiro atoms. The first-order valence-corrected chi connectivity index (χ1v) is 6.53. The molecule has 0 atom stereocenters. The highest BCUT2D eigenvalue weighted by molar-refractivity contribution is 5.73. The molecule has 0 unspecified atom stereocenters. The zero-order valence-corrected chi connectivity index (χ0v) is 12.0. The van der Waals surface area contributed by atoms with Gasteiger partial charge in [-0.3, -0.25) is 0 Å². The number of hydrogen-bond acceptors (Lipinski definition) is 2. The average molecular weight is 271 g/mol. The van der Waals surface area contributed by atoms with Crippen LogP contribution in [-0.4, -0.2) is 20.4 Å². The van der Waals surface area contributed by atoms with E-state index < -0.39 is 0 Å². The highest BCUT2D eigenvalue weighted by Crippen LogP contribution is 2.28. The fraction of sp³-hybridized carbons (Fsp3) is 0.235. The van der Waals surface area contributed by atoms with E-state index in [9.17, 15) is 9.18 Å². The van der Waals surface area contributed by atoms with Crippen LogP contribution in [0.5, 0.6) is 0 Å². The maximum Gasteiger partial charge on any atom is 0.126 e. The summed E-state index contributed by atoms with van der Waals surface area (Å²) in [5.74, 6) is -0.203. The van der Waals surface area contributed by atoms with Gasteiger partial charge in [-0.2, -0.15) is 0 Å². The third kappa shape index (κ3) is 2.87. The van der Waals surface area contributed by atoms with Crippen LogP contribution in [0.15, 0.2) is 36.4 Å². The van der Waals surface area contributed by atoms with Crippen molar-refractivity contribution in [3.05, 3.63) is 53.3 Å². The molecule has 0 aromatic heterocycles. The second kappa shape index (κ2) is 5.87. The van der Waals surface area contributed by atoms with Gasteiger partial charge < -0.3 is 9.69 Å². The smallest absolute Gasteiger partial charge is 0.126 e. The van der Waals surface area contributed by atoms with Gasteiger partial charge in [0, 0.05) is 26.2 Å². The van der Waals surface area contributed by atoms with E-state index >= 15 is 0 Å². The van der Waals surface area contributed by atoms with Crippen LogP contribution < -0.4 is 4.90 Å². The number of rotatable bonds is 4. The molecule has 0 bridgehead atoms. The number of carbonyl (C=O) groups excluding carboxylic acids is 1. The molecule has 0 amide bonds. The average Bonchev–Trinajstić information content (AvgIpc) is 2.42. The first kappa shape index (κ1) is 14.3. The minimum atomic E-state index is -0.203. The predicted molar refractivity (Wildman–Crippen MR) is 80.7 cm³/mol. The fourth-order valence-electron chi connectivity index (χ4n) is 2.19. The van der Waals surface area contributed by atoms with Crippen molar-refractivity contribution in [2.24, 2.45) is 0 Å². The molecule has 0 fully saturated rings. The first-order chi connectivity index (χ1) is 9.52. The molecule has 0 aliphatic rings. The highest BCUT2D eigenvalue weighted by Gasteiger charge is 2.08. The van der Waals surface area contributed by atoms with E-state index in [1.165, 1.54) is 0 Å². The Labute approximate surface area is 118 Å². The maximum absolute atomic E-state index is 13.7. The molecular formula is C17H18FNO. The molecule has 0 aliphatic heterocycles. The molecule has 104 valence electrons. The fourth-order valence-corrected chi connectivity index (χ4v) is 2.19. The molecule has 0 N–H and O–H groups in total. The quantitative estimate of drug-likeness (QED) is 0.792. The van der Waals surface area contributed by atoms with Gasteiger partial charge >= 0.3 is 0 Å². The molecule has 2 aromatic carbocycles. The molecule has 0 heterocycles. The number of benzene rings is 2. The Kier molecular flexibility index (Phi) is 4.18. The second-order valence-corrected chi connectivity index (χ2v) is 5.07. The van der Waals surface area contributed by atoms with E-state index in [0.717, 1.165) is 28.7 Å². The van der Waals surface area contributed by atoms with E-state index in [0.29, 0.717) is 12.0 Å². The van der Waals surface area contributed by atoms with Crippen LogP contribution in [-0.2, 0) is 11.2 Å². The molecule has 0 saturated heterocycles. The largest absolute Gasteiger partial charge is 0.377 e. The Morgan fingerprint density at radius 2 is 1.75 bits per heavy atom. The summed E-state index contributed by atoms with van der Waals surface area (Å²) in [4.78, 5) is 12.7. The van der Waals surface area contributed by atoms with Gasteiger partial charge in [0.2, 0.25) is 0 Å². The van der Waals surface area contributed by atoms with Crippen molar-refractivity contribution in [1.29, 1.82) is 0 Å². The Balaban J connectivity index is 2.49.